The van der Waals surface area contributed by atoms with Crippen molar-refractivity contribution in [2.75, 3.05) is 12.0 Å². The summed E-state index contributed by atoms with van der Waals surface area (Å²) in [7, 11) is 0. The topological polar surface area (TPSA) is 110 Å². The first-order valence-electron chi connectivity index (χ1n) is 6.67. The number of non-ortho nitro benzene ring substituents is 1. The van der Waals surface area contributed by atoms with Crippen molar-refractivity contribution < 1.29 is 9.72 Å². The summed E-state index contributed by atoms with van der Waals surface area (Å²) in [6.45, 7) is 0.0973. The molecule has 22 heavy (non-hydrogen) atoms. The van der Waals surface area contributed by atoms with Gasteiger partial charge < -0.3 is 5.73 Å². The van der Waals surface area contributed by atoms with E-state index in [1.54, 1.807) is 0 Å². The highest BCUT2D eigenvalue weighted by Crippen LogP contribution is 2.19. The number of hydrogen-bond donors (Lipinski definition) is 3. The molecule has 0 bridgehead atoms. The van der Waals surface area contributed by atoms with E-state index in [0.29, 0.717) is 5.56 Å². The zero-order valence-electron chi connectivity index (χ0n) is 11.7. The maximum absolute atomic E-state index is 12.2. The van der Waals surface area contributed by atoms with Crippen molar-refractivity contribution in [3.8, 4) is 0 Å². The number of para-hydroxylation sites is 1. The molecule has 114 valence electrons. The van der Waals surface area contributed by atoms with Crippen molar-refractivity contribution in [3.05, 3.63) is 70.3 Å². The lowest BCUT2D eigenvalue weighted by atomic mass is 9.98. The Hall–Kier alpha value is -2.93. The molecule has 0 saturated carbocycles. The lowest BCUT2D eigenvalue weighted by molar-refractivity contribution is -0.384. The van der Waals surface area contributed by atoms with Gasteiger partial charge in [-0.05, 0) is 17.7 Å². The second-order valence-corrected chi connectivity index (χ2v) is 4.62. The number of nitrogens with zero attached hydrogens (tertiary/aromatic N) is 1. The molecule has 0 aromatic heterocycles. The fourth-order valence-electron chi connectivity index (χ4n) is 1.97. The molecule has 0 radical (unpaired) electrons. The molecular weight excluding hydrogens is 284 g/mol. The molecule has 1 amide bonds. The fraction of sp³-hybridized carbons (Fsp3) is 0.133. The van der Waals surface area contributed by atoms with Gasteiger partial charge in [0.2, 0.25) is 5.91 Å². The number of hydrazine groups is 1. The number of amides is 1. The van der Waals surface area contributed by atoms with Crippen LogP contribution in [0.15, 0.2) is 54.6 Å². The Morgan fingerprint density at radius 1 is 1.14 bits per heavy atom. The molecule has 2 aromatic rings. The van der Waals surface area contributed by atoms with E-state index in [9.17, 15) is 14.9 Å². The lowest BCUT2D eigenvalue weighted by Crippen LogP contribution is -2.37. The van der Waals surface area contributed by atoms with E-state index >= 15 is 0 Å². The Bertz CT molecular complexity index is 644. The molecule has 2 aromatic carbocycles. The average molecular weight is 300 g/mol. The molecule has 4 N–H and O–H groups in total. The largest absolute Gasteiger partial charge is 0.329 e. The van der Waals surface area contributed by atoms with Crippen LogP contribution in [0.25, 0.3) is 0 Å². The minimum atomic E-state index is -0.586. The molecular formula is C15H16N4O3. The average Bonchev–Trinajstić information content (AvgIpc) is 2.55. The maximum atomic E-state index is 12.2. The summed E-state index contributed by atoms with van der Waals surface area (Å²) >= 11 is 0. The normalized spacial score (nSPS) is 11.5. The number of nitro groups is 1. The number of nitro benzene ring substituents is 1. The Kier molecular flexibility index (Phi) is 5.05. The zero-order chi connectivity index (χ0) is 15.9. The van der Waals surface area contributed by atoms with E-state index in [4.69, 9.17) is 5.73 Å². The number of rotatable bonds is 6. The first-order chi connectivity index (χ1) is 10.6. The van der Waals surface area contributed by atoms with Gasteiger partial charge >= 0.3 is 0 Å². The van der Waals surface area contributed by atoms with Crippen LogP contribution in [-0.2, 0) is 4.79 Å². The van der Waals surface area contributed by atoms with Gasteiger partial charge in [-0.15, -0.1) is 0 Å². The van der Waals surface area contributed by atoms with Crippen LogP contribution in [0.3, 0.4) is 0 Å². The van der Waals surface area contributed by atoms with Gasteiger partial charge in [0.1, 0.15) is 0 Å². The molecule has 0 aliphatic heterocycles. The summed E-state index contributed by atoms with van der Waals surface area (Å²) in [6, 6.07) is 15.0. The molecule has 1 atom stereocenters. The van der Waals surface area contributed by atoms with Crippen LogP contribution in [0, 0.1) is 10.1 Å². The van der Waals surface area contributed by atoms with Crippen LogP contribution >= 0.6 is 0 Å². The van der Waals surface area contributed by atoms with Crippen LogP contribution in [0.5, 0.6) is 0 Å². The Balaban J connectivity index is 2.03. The van der Waals surface area contributed by atoms with E-state index in [1.165, 1.54) is 24.3 Å². The van der Waals surface area contributed by atoms with Gasteiger partial charge in [0.15, 0.2) is 0 Å². The van der Waals surface area contributed by atoms with Crippen LogP contribution in [0.2, 0.25) is 0 Å². The standard InChI is InChI=1S/C15H16N4O3/c16-10-14(11-6-8-13(9-7-11)19(21)22)15(20)18-17-12-4-2-1-3-5-12/h1-9,14,17H,10,16H2,(H,18,20)/t14-/m1/s1. The lowest BCUT2D eigenvalue weighted by Gasteiger charge is -2.16. The first kappa shape index (κ1) is 15.5. The van der Waals surface area contributed by atoms with E-state index < -0.39 is 10.8 Å². The molecule has 7 nitrogen and oxygen atoms in total. The summed E-state index contributed by atoms with van der Waals surface area (Å²) in [5.74, 6) is -0.891. The monoisotopic (exact) mass is 300 g/mol. The SMILES string of the molecule is NC[C@@H](C(=O)NNc1ccccc1)c1ccc([N+](=O)[O-])cc1. The second kappa shape index (κ2) is 7.19. The summed E-state index contributed by atoms with van der Waals surface area (Å²) in [5, 5.41) is 10.6. The molecule has 0 unspecified atom stereocenters. The Morgan fingerprint density at radius 3 is 2.32 bits per heavy atom. The smallest absolute Gasteiger partial charge is 0.269 e. The molecule has 0 aliphatic rings. The van der Waals surface area contributed by atoms with Crippen molar-refractivity contribution in [2.24, 2.45) is 5.73 Å². The van der Waals surface area contributed by atoms with Gasteiger partial charge in [-0.1, -0.05) is 30.3 Å². The van der Waals surface area contributed by atoms with Gasteiger partial charge in [-0.3, -0.25) is 25.8 Å². The highest BCUT2D eigenvalue weighted by Gasteiger charge is 2.19. The predicted molar refractivity (Wildman–Crippen MR) is 83.1 cm³/mol. The van der Waals surface area contributed by atoms with Gasteiger partial charge in [-0.2, -0.15) is 0 Å². The third-order valence-electron chi connectivity index (χ3n) is 3.16. The highest BCUT2D eigenvalue weighted by atomic mass is 16.6. The van der Waals surface area contributed by atoms with E-state index in [2.05, 4.69) is 10.9 Å². The van der Waals surface area contributed by atoms with E-state index in [-0.39, 0.29) is 18.1 Å². The zero-order valence-corrected chi connectivity index (χ0v) is 11.7. The molecule has 0 spiro atoms. The third-order valence-corrected chi connectivity index (χ3v) is 3.16. The number of carbonyl (C=O) groups is 1. The van der Waals surface area contributed by atoms with Gasteiger partial charge in [0, 0.05) is 18.7 Å². The number of carbonyl (C=O) groups excluding carboxylic acids is 1. The Labute approximate surface area is 127 Å². The highest BCUT2D eigenvalue weighted by molar-refractivity contribution is 5.85. The predicted octanol–water partition coefficient (Wildman–Crippen LogP) is 1.78. The molecule has 2 rings (SSSR count). The van der Waals surface area contributed by atoms with Crippen molar-refractivity contribution in [2.45, 2.75) is 5.92 Å². The first-order valence-corrected chi connectivity index (χ1v) is 6.67. The second-order valence-electron chi connectivity index (χ2n) is 4.62. The maximum Gasteiger partial charge on any atom is 0.269 e. The van der Waals surface area contributed by atoms with Gasteiger partial charge in [-0.25, -0.2) is 0 Å². The molecule has 0 aliphatic carbocycles. The minimum Gasteiger partial charge on any atom is -0.329 e. The molecule has 7 heteroatoms. The number of benzene rings is 2. The summed E-state index contributed by atoms with van der Waals surface area (Å²) in [6.07, 6.45) is 0. The summed E-state index contributed by atoms with van der Waals surface area (Å²) < 4.78 is 0. The van der Waals surface area contributed by atoms with E-state index in [1.807, 2.05) is 30.3 Å². The number of hydrogen-bond acceptors (Lipinski definition) is 5. The number of nitrogens with one attached hydrogen (secondary N) is 2. The van der Waals surface area contributed by atoms with E-state index in [0.717, 1.165) is 5.69 Å². The summed E-state index contributed by atoms with van der Waals surface area (Å²) in [5.41, 5.74) is 12.4. The molecule has 0 saturated heterocycles. The quantitative estimate of drug-likeness (QED) is 0.556. The fourth-order valence-corrected chi connectivity index (χ4v) is 1.97. The van der Waals surface area contributed by atoms with Crippen LogP contribution in [0.4, 0.5) is 11.4 Å². The van der Waals surface area contributed by atoms with Crippen LogP contribution < -0.4 is 16.6 Å². The molecule has 0 fully saturated rings. The third kappa shape index (κ3) is 3.80. The van der Waals surface area contributed by atoms with Crippen molar-refractivity contribution in [1.29, 1.82) is 0 Å². The van der Waals surface area contributed by atoms with Crippen LogP contribution in [-0.4, -0.2) is 17.4 Å². The summed E-state index contributed by atoms with van der Waals surface area (Å²) in [4.78, 5) is 22.3. The van der Waals surface area contributed by atoms with Crippen molar-refractivity contribution in [1.82, 2.24) is 5.43 Å². The molecule has 0 heterocycles. The van der Waals surface area contributed by atoms with Gasteiger partial charge in [0.25, 0.3) is 5.69 Å². The van der Waals surface area contributed by atoms with Crippen molar-refractivity contribution >= 4 is 17.3 Å². The van der Waals surface area contributed by atoms with Crippen LogP contribution in [0.1, 0.15) is 11.5 Å². The number of nitrogens with two attached hydrogens (primary N) is 1. The minimum absolute atomic E-state index is 0.0256. The van der Waals surface area contributed by atoms with Crippen molar-refractivity contribution in [3.63, 3.8) is 0 Å². The van der Waals surface area contributed by atoms with Gasteiger partial charge in [0.05, 0.1) is 16.5 Å². The Morgan fingerprint density at radius 2 is 1.77 bits per heavy atom. The number of anilines is 1.